The number of anilines is 2. The number of aryl methyl sites for hydroxylation is 1. The van der Waals surface area contributed by atoms with Crippen LogP contribution in [0.1, 0.15) is 26.3 Å². The van der Waals surface area contributed by atoms with Gasteiger partial charge < -0.3 is 25.0 Å². The van der Waals surface area contributed by atoms with Crippen molar-refractivity contribution in [2.75, 3.05) is 43.2 Å². The van der Waals surface area contributed by atoms with Gasteiger partial charge in [-0.3, -0.25) is 9.48 Å². The lowest BCUT2D eigenvalue weighted by atomic mass is 9.95. The monoisotopic (exact) mass is 609 g/mol. The van der Waals surface area contributed by atoms with Crippen LogP contribution in [-0.4, -0.2) is 64.6 Å². The van der Waals surface area contributed by atoms with E-state index >= 15 is 4.39 Å². The van der Waals surface area contributed by atoms with Crippen molar-refractivity contribution in [2.45, 2.75) is 6.54 Å². The van der Waals surface area contributed by atoms with Crippen LogP contribution >= 0.6 is 23.2 Å². The summed E-state index contributed by atoms with van der Waals surface area (Å²) < 4.78 is 22.5. The van der Waals surface area contributed by atoms with E-state index in [4.69, 9.17) is 27.9 Å². The summed E-state index contributed by atoms with van der Waals surface area (Å²) in [5, 5.41) is 17.6. The van der Waals surface area contributed by atoms with Gasteiger partial charge in [0.2, 0.25) is 0 Å². The van der Waals surface area contributed by atoms with Gasteiger partial charge in [-0.15, -0.1) is 0 Å². The summed E-state index contributed by atoms with van der Waals surface area (Å²) in [6, 6.07) is 11.4. The van der Waals surface area contributed by atoms with Crippen LogP contribution in [-0.2, 0) is 18.3 Å². The standard InChI is InChI=1S/C30H26Cl2FN5O4/c1-36-14-19(13-35-36)18-9-23(31)27(24(32)10-18)29(39)38-15-17-3-2-4-20(28(17)34-16-38)21-12-26(37-5-7-42-8-6-37)22(30(40)41)11-25(21)33/h2-4,9-14,34H,5-8,15-16H2,1H3,(H,40,41). The molecule has 1 saturated heterocycles. The summed E-state index contributed by atoms with van der Waals surface area (Å²) in [6.07, 6.45) is 3.52. The van der Waals surface area contributed by atoms with Crippen molar-refractivity contribution in [3.8, 4) is 22.3 Å². The zero-order valence-electron chi connectivity index (χ0n) is 22.5. The van der Waals surface area contributed by atoms with E-state index in [2.05, 4.69) is 10.4 Å². The predicted molar refractivity (Wildman–Crippen MR) is 159 cm³/mol. The Kier molecular flexibility index (Phi) is 7.53. The van der Waals surface area contributed by atoms with E-state index in [0.717, 1.165) is 22.8 Å². The molecule has 0 bridgehead atoms. The zero-order chi connectivity index (χ0) is 29.5. The second-order valence-corrected chi connectivity index (χ2v) is 11.0. The molecule has 3 aromatic carbocycles. The molecule has 0 spiro atoms. The number of carbonyl (C=O) groups excluding carboxylic acids is 1. The lowest BCUT2D eigenvalue weighted by molar-refractivity contribution is 0.0694. The Morgan fingerprint density at radius 1 is 1.05 bits per heavy atom. The van der Waals surface area contributed by atoms with E-state index in [1.165, 1.54) is 0 Å². The van der Waals surface area contributed by atoms with E-state index in [1.807, 2.05) is 17.2 Å². The first-order valence-electron chi connectivity index (χ1n) is 13.2. The van der Waals surface area contributed by atoms with Gasteiger partial charge in [-0.2, -0.15) is 5.10 Å². The predicted octanol–water partition coefficient (Wildman–Crippen LogP) is 5.76. The number of carboxylic acids is 1. The van der Waals surface area contributed by atoms with Crippen molar-refractivity contribution in [3.05, 3.63) is 87.4 Å². The Balaban J connectivity index is 1.31. The number of carboxylic acid groups (broad SMARTS) is 1. The number of rotatable bonds is 5. The maximum atomic E-state index is 15.5. The molecular weight excluding hydrogens is 584 g/mol. The van der Waals surface area contributed by atoms with Gasteiger partial charge in [0.25, 0.3) is 5.91 Å². The number of hydrogen-bond donors (Lipinski definition) is 2. The molecule has 4 aromatic rings. The summed E-state index contributed by atoms with van der Waals surface area (Å²) in [7, 11) is 1.81. The highest BCUT2D eigenvalue weighted by Gasteiger charge is 2.29. The molecule has 2 N–H and O–H groups in total. The van der Waals surface area contributed by atoms with E-state index in [-0.39, 0.29) is 45.9 Å². The molecule has 42 heavy (non-hydrogen) atoms. The number of halogens is 3. The van der Waals surface area contributed by atoms with Crippen molar-refractivity contribution in [1.82, 2.24) is 14.7 Å². The van der Waals surface area contributed by atoms with Crippen molar-refractivity contribution in [3.63, 3.8) is 0 Å². The number of para-hydroxylation sites is 1. The molecule has 6 rings (SSSR count). The Morgan fingerprint density at radius 2 is 1.79 bits per heavy atom. The van der Waals surface area contributed by atoms with Gasteiger partial charge in [0, 0.05) is 55.3 Å². The Labute approximate surface area is 251 Å². The Bertz CT molecular complexity index is 1700. The van der Waals surface area contributed by atoms with Gasteiger partial charge in [0.05, 0.1) is 52.9 Å². The SMILES string of the molecule is Cn1cc(-c2cc(Cl)c(C(=O)N3CNc4c(cccc4-c4cc(N5CCOCC5)c(C(=O)O)cc4F)C3)c(Cl)c2)cn1. The Morgan fingerprint density at radius 3 is 2.45 bits per heavy atom. The average molecular weight is 610 g/mol. The number of aromatic carboxylic acids is 1. The normalized spacial score (nSPS) is 14.9. The van der Waals surface area contributed by atoms with Crippen LogP contribution < -0.4 is 10.2 Å². The minimum absolute atomic E-state index is 0.101. The van der Waals surface area contributed by atoms with Gasteiger partial charge in [0.15, 0.2) is 0 Å². The number of benzene rings is 3. The van der Waals surface area contributed by atoms with Crippen molar-refractivity contribution < 1.29 is 23.8 Å². The third kappa shape index (κ3) is 5.17. The van der Waals surface area contributed by atoms with E-state index in [0.29, 0.717) is 43.2 Å². The first-order valence-corrected chi connectivity index (χ1v) is 14.0. The number of morpholine rings is 1. The number of aromatic nitrogens is 2. The van der Waals surface area contributed by atoms with Gasteiger partial charge in [-0.25, -0.2) is 9.18 Å². The number of carbonyl (C=O) groups is 2. The molecule has 12 heteroatoms. The fourth-order valence-corrected chi connectivity index (χ4v) is 6.07. The molecule has 216 valence electrons. The first kappa shape index (κ1) is 28.0. The minimum atomic E-state index is -1.20. The zero-order valence-corrected chi connectivity index (χ0v) is 24.0. The molecular formula is C30H26Cl2FN5O4. The summed E-state index contributed by atoms with van der Waals surface area (Å²) in [6.45, 7) is 2.28. The molecule has 0 unspecified atom stereocenters. The average Bonchev–Trinajstić information content (AvgIpc) is 3.42. The number of ether oxygens (including phenoxy) is 1. The smallest absolute Gasteiger partial charge is 0.337 e. The number of hydrogen-bond acceptors (Lipinski definition) is 6. The van der Waals surface area contributed by atoms with Crippen LogP contribution in [0.2, 0.25) is 10.0 Å². The highest BCUT2D eigenvalue weighted by atomic mass is 35.5. The fourth-order valence-electron chi connectivity index (χ4n) is 5.42. The largest absolute Gasteiger partial charge is 0.478 e. The fraction of sp³-hybridized carbons (Fsp3) is 0.233. The van der Waals surface area contributed by atoms with Gasteiger partial charge >= 0.3 is 5.97 Å². The molecule has 0 radical (unpaired) electrons. The van der Waals surface area contributed by atoms with E-state index in [9.17, 15) is 14.7 Å². The quantitative estimate of drug-likeness (QED) is 0.297. The molecule has 0 atom stereocenters. The second-order valence-electron chi connectivity index (χ2n) is 10.1. The third-order valence-electron chi connectivity index (χ3n) is 7.50. The van der Waals surface area contributed by atoms with Gasteiger partial charge in [0.1, 0.15) is 5.82 Å². The molecule has 1 fully saturated rings. The number of fused-ring (bicyclic) bond motifs is 1. The van der Waals surface area contributed by atoms with Crippen molar-refractivity contribution in [1.29, 1.82) is 0 Å². The summed E-state index contributed by atoms with van der Waals surface area (Å²) in [4.78, 5) is 29.0. The summed E-state index contributed by atoms with van der Waals surface area (Å²) >= 11 is 13.1. The van der Waals surface area contributed by atoms with Crippen LogP contribution in [0.4, 0.5) is 15.8 Å². The molecule has 3 heterocycles. The van der Waals surface area contributed by atoms with Gasteiger partial charge in [-0.05, 0) is 35.4 Å². The molecule has 2 aliphatic rings. The van der Waals surface area contributed by atoms with Gasteiger partial charge in [-0.1, -0.05) is 41.4 Å². The number of nitrogens with zero attached hydrogens (tertiary/aromatic N) is 4. The van der Waals surface area contributed by atoms with Crippen LogP contribution in [0.25, 0.3) is 22.3 Å². The maximum absolute atomic E-state index is 15.5. The van der Waals surface area contributed by atoms with Crippen molar-refractivity contribution in [2.24, 2.45) is 7.05 Å². The lowest BCUT2D eigenvalue weighted by Crippen LogP contribution is -2.39. The van der Waals surface area contributed by atoms with E-state index < -0.39 is 11.8 Å². The molecule has 0 saturated carbocycles. The lowest BCUT2D eigenvalue weighted by Gasteiger charge is -2.33. The summed E-state index contributed by atoms with van der Waals surface area (Å²) in [5.74, 6) is -2.20. The highest BCUT2D eigenvalue weighted by Crippen LogP contribution is 2.40. The molecule has 9 nitrogen and oxygen atoms in total. The first-order chi connectivity index (χ1) is 20.2. The molecule has 0 aliphatic carbocycles. The highest BCUT2D eigenvalue weighted by molar-refractivity contribution is 6.40. The minimum Gasteiger partial charge on any atom is -0.478 e. The number of nitrogens with one attached hydrogen (secondary N) is 1. The van der Waals surface area contributed by atoms with Crippen LogP contribution in [0, 0.1) is 5.82 Å². The third-order valence-corrected chi connectivity index (χ3v) is 8.09. The molecule has 1 amide bonds. The summed E-state index contributed by atoms with van der Waals surface area (Å²) in [5.41, 5.74) is 4.36. The number of amides is 1. The second kappa shape index (κ2) is 11.3. The van der Waals surface area contributed by atoms with Crippen LogP contribution in [0.15, 0.2) is 54.9 Å². The van der Waals surface area contributed by atoms with Crippen molar-refractivity contribution >= 4 is 46.5 Å². The molecule has 1 aromatic heterocycles. The molecule has 2 aliphatic heterocycles. The Hall–Kier alpha value is -4.12. The van der Waals surface area contributed by atoms with Crippen LogP contribution in [0.3, 0.4) is 0 Å². The van der Waals surface area contributed by atoms with Crippen LogP contribution in [0.5, 0.6) is 0 Å². The maximum Gasteiger partial charge on any atom is 0.337 e. The van der Waals surface area contributed by atoms with E-state index in [1.54, 1.807) is 53.2 Å². The topological polar surface area (TPSA) is 99.9 Å².